The lowest BCUT2D eigenvalue weighted by Crippen LogP contribution is -2.56. The minimum atomic E-state index is -1.23. The number of imidazole rings is 1. The van der Waals surface area contributed by atoms with Crippen LogP contribution in [0.1, 0.15) is 19.5 Å². The van der Waals surface area contributed by atoms with Gasteiger partial charge in [0.2, 0.25) is 17.7 Å². The Hall–Kier alpha value is -2.60. The van der Waals surface area contributed by atoms with Crippen LogP contribution in [-0.4, -0.2) is 68.7 Å². The van der Waals surface area contributed by atoms with Crippen molar-refractivity contribution < 1.29 is 24.3 Å². The van der Waals surface area contributed by atoms with Crippen LogP contribution in [0.3, 0.4) is 0 Å². The van der Waals surface area contributed by atoms with Crippen molar-refractivity contribution in [2.75, 3.05) is 5.75 Å². The Morgan fingerprint density at radius 2 is 1.78 bits per heavy atom. The summed E-state index contributed by atoms with van der Waals surface area (Å²) in [6.07, 6.45) is 2.85. The molecular formula is C15H24N6O5S. The van der Waals surface area contributed by atoms with Gasteiger partial charge in [-0.3, -0.25) is 14.4 Å². The monoisotopic (exact) mass is 400 g/mol. The number of hydrogen-bond donors (Lipinski definition) is 7. The number of aliphatic carboxylic acids is 1. The number of carbonyl (C=O) groups excluding carboxylic acids is 3. The zero-order valence-corrected chi connectivity index (χ0v) is 15.8. The van der Waals surface area contributed by atoms with Crippen LogP contribution in [0.25, 0.3) is 0 Å². The summed E-state index contributed by atoms with van der Waals surface area (Å²) in [4.78, 5) is 53.9. The summed E-state index contributed by atoms with van der Waals surface area (Å²) in [6.45, 7) is 2.86. The average molecular weight is 400 g/mol. The molecule has 11 nitrogen and oxygen atoms in total. The van der Waals surface area contributed by atoms with Gasteiger partial charge in [-0.1, -0.05) is 0 Å². The highest BCUT2D eigenvalue weighted by Crippen LogP contribution is 2.00. The third-order valence-electron chi connectivity index (χ3n) is 3.57. The quantitative estimate of drug-likeness (QED) is 0.217. The van der Waals surface area contributed by atoms with E-state index in [0.717, 1.165) is 0 Å². The Balaban J connectivity index is 2.63. The maximum atomic E-state index is 12.2. The summed E-state index contributed by atoms with van der Waals surface area (Å²) in [5, 5.41) is 16.4. The minimum absolute atomic E-state index is 0.00376. The number of amides is 3. The fourth-order valence-corrected chi connectivity index (χ4v) is 2.25. The molecule has 1 aromatic rings. The van der Waals surface area contributed by atoms with Gasteiger partial charge in [0.25, 0.3) is 0 Å². The lowest BCUT2D eigenvalue weighted by molar-refractivity contribution is -0.142. The van der Waals surface area contributed by atoms with Gasteiger partial charge in [0.15, 0.2) is 0 Å². The number of thiol groups is 1. The zero-order chi connectivity index (χ0) is 20.6. The molecule has 1 aromatic heterocycles. The largest absolute Gasteiger partial charge is 0.480 e. The molecule has 0 spiro atoms. The van der Waals surface area contributed by atoms with Crippen molar-refractivity contribution in [3.63, 3.8) is 0 Å². The number of rotatable bonds is 10. The number of nitrogens with one attached hydrogen (secondary N) is 4. The van der Waals surface area contributed by atoms with Crippen molar-refractivity contribution in [3.05, 3.63) is 18.2 Å². The Labute approximate surface area is 161 Å². The van der Waals surface area contributed by atoms with E-state index in [4.69, 9.17) is 5.73 Å². The first-order valence-electron chi connectivity index (χ1n) is 8.13. The molecule has 3 amide bonds. The zero-order valence-electron chi connectivity index (χ0n) is 14.9. The molecule has 7 N–H and O–H groups in total. The number of H-pyrrole nitrogens is 1. The SMILES string of the molecule is CC(N)C(=O)NC(CS)C(=O)NC(C)C(=O)NC(Cc1cnc[nH]1)C(=O)O. The third kappa shape index (κ3) is 7.27. The van der Waals surface area contributed by atoms with Gasteiger partial charge >= 0.3 is 5.97 Å². The maximum absolute atomic E-state index is 12.2. The number of carbonyl (C=O) groups is 4. The van der Waals surface area contributed by atoms with Crippen molar-refractivity contribution in [3.8, 4) is 0 Å². The van der Waals surface area contributed by atoms with Crippen LogP contribution in [0, 0.1) is 0 Å². The standard InChI is InChI=1S/C15H24N6O5S/c1-7(16)12(22)21-11(5-27)14(24)19-8(2)13(23)20-10(15(25)26)3-9-4-17-6-18-9/h4,6-8,10-11,27H,3,5,16H2,1-2H3,(H,17,18)(H,19,24)(H,20,23)(H,21,22)(H,25,26). The average Bonchev–Trinajstić information content (AvgIpc) is 3.11. The first-order chi connectivity index (χ1) is 12.6. The summed E-state index contributed by atoms with van der Waals surface area (Å²) >= 11 is 4.00. The Morgan fingerprint density at radius 3 is 2.26 bits per heavy atom. The van der Waals surface area contributed by atoms with Crippen LogP contribution in [0.5, 0.6) is 0 Å². The van der Waals surface area contributed by atoms with E-state index in [1.807, 2.05) is 0 Å². The molecule has 27 heavy (non-hydrogen) atoms. The van der Waals surface area contributed by atoms with Crippen molar-refractivity contribution in [1.82, 2.24) is 25.9 Å². The normalized spacial score (nSPS) is 15.1. The number of nitrogens with two attached hydrogens (primary N) is 1. The molecule has 0 saturated heterocycles. The predicted molar refractivity (Wildman–Crippen MR) is 98.9 cm³/mol. The summed E-state index contributed by atoms with van der Waals surface area (Å²) in [6, 6.07) is -4.02. The third-order valence-corrected chi connectivity index (χ3v) is 3.94. The number of aromatic amines is 1. The highest BCUT2D eigenvalue weighted by molar-refractivity contribution is 7.80. The molecule has 0 radical (unpaired) electrons. The molecule has 0 saturated carbocycles. The molecule has 0 fully saturated rings. The van der Waals surface area contributed by atoms with Crippen LogP contribution in [0.15, 0.2) is 12.5 Å². The molecular weight excluding hydrogens is 376 g/mol. The number of carboxylic acids is 1. The second-order valence-corrected chi connectivity index (χ2v) is 6.31. The minimum Gasteiger partial charge on any atom is -0.480 e. The Bertz CT molecular complexity index is 666. The Morgan fingerprint density at radius 1 is 1.15 bits per heavy atom. The molecule has 4 unspecified atom stereocenters. The number of carboxylic acid groups (broad SMARTS) is 1. The van der Waals surface area contributed by atoms with Crippen molar-refractivity contribution in [2.45, 2.75) is 44.4 Å². The predicted octanol–water partition coefficient (Wildman–Crippen LogP) is -2.21. The maximum Gasteiger partial charge on any atom is 0.326 e. The van der Waals surface area contributed by atoms with Crippen LogP contribution >= 0.6 is 12.6 Å². The molecule has 0 bridgehead atoms. The second kappa shape index (κ2) is 10.5. The van der Waals surface area contributed by atoms with Crippen LogP contribution in [-0.2, 0) is 25.6 Å². The second-order valence-electron chi connectivity index (χ2n) is 5.94. The summed E-state index contributed by atoms with van der Waals surface area (Å²) in [7, 11) is 0. The van der Waals surface area contributed by atoms with E-state index in [2.05, 4.69) is 38.5 Å². The molecule has 0 aliphatic rings. The van der Waals surface area contributed by atoms with Crippen LogP contribution < -0.4 is 21.7 Å². The first kappa shape index (κ1) is 22.4. The van der Waals surface area contributed by atoms with Crippen molar-refractivity contribution in [1.29, 1.82) is 0 Å². The fourth-order valence-electron chi connectivity index (χ4n) is 1.99. The summed E-state index contributed by atoms with van der Waals surface area (Å²) < 4.78 is 0. The lowest BCUT2D eigenvalue weighted by atomic mass is 10.1. The van der Waals surface area contributed by atoms with E-state index in [9.17, 15) is 24.3 Å². The molecule has 0 aromatic carbocycles. The molecule has 0 aliphatic carbocycles. The van der Waals surface area contributed by atoms with Gasteiger partial charge in [0.05, 0.1) is 12.4 Å². The van der Waals surface area contributed by atoms with Crippen LogP contribution in [0.2, 0.25) is 0 Å². The number of aromatic nitrogens is 2. The molecule has 1 rings (SSSR count). The number of nitrogens with zero attached hydrogens (tertiary/aromatic N) is 1. The highest BCUT2D eigenvalue weighted by atomic mass is 32.1. The number of hydrogen-bond acceptors (Lipinski definition) is 7. The topological polar surface area (TPSA) is 179 Å². The summed E-state index contributed by atoms with van der Waals surface area (Å²) in [5.74, 6) is -3.09. The molecule has 12 heteroatoms. The molecule has 150 valence electrons. The van der Waals surface area contributed by atoms with Gasteiger partial charge in [-0.15, -0.1) is 0 Å². The molecule has 4 atom stereocenters. The van der Waals surface area contributed by atoms with Gasteiger partial charge in [-0.25, -0.2) is 9.78 Å². The van der Waals surface area contributed by atoms with E-state index in [1.54, 1.807) is 0 Å². The van der Waals surface area contributed by atoms with Gasteiger partial charge in [-0.05, 0) is 13.8 Å². The van der Waals surface area contributed by atoms with E-state index in [0.29, 0.717) is 5.69 Å². The fraction of sp³-hybridized carbons (Fsp3) is 0.533. The first-order valence-corrected chi connectivity index (χ1v) is 8.76. The van der Waals surface area contributed by atoms with Gasteiger partial charge in [0.1, 0.15) is 18.1 Å². The summed E-state index contributed by atoms with van der Waals surface area (Å²) in [5.41, 5.74) is 5.97. The van der Waals surface area contributed by atoms with E-state index < -0.39 is 47.9 Å². The van der Waals surface area contributed by atoms with Crippen molar-refractivity contribution >= 4 is 36.3 Å². The smallest absolute Gasteiger partial charge is 0.326 e. The van der Waals surface area contributed by atoms with E-state index in [-0.39, 0.29) is 12.2 Å². The van der Waals surface area contributed by atoms with Gasteiger partial charge in [0, 0.05) is 24.1 Å². The van der Waals surface area contributed by atoms with Gasteiger partial charge < -0.3 is 31.8 Å². The molecule has 1 heterocycles. The molecule has 0 aliphatic heterocycles. The van der Waals surface area contributed by atoms with E-state index in [1.165, 1.54) is 26.4 Å². The lowest BCUT2D eigenvalue weighted by Gasteiger charge is -2.22. The van der Waals surface area contributed by atoms with Gasteiger partial charge in [-0.2, -0.15) is 12.6 Å². The highest BCUT2D eigenvalue weighted by Gasteiger charge is 2.27. The van der Waals surface area contributed by atoms with Crippen LogP contribution in [0.4, 0.5) is 0 Å². The Kier molecular flexibility index (Phi) is 8.75. The van der Waals surface area contributed by atoms with E-state index >= 15 is 0 Å². The van der Waals surface area contributed by atoms with Crippen molar-refractivity contribution in [2.24, 2.45) is 5.73 Å².